The summed E-state index contributed by atoms with van der Waals surface area (Å²) in [5.41, 5.74) is 1.03. The highest BCUT2D eigenvalue weighted by molar-refractivity contribution is 5.69. The van der Waals surface area contributed by atoms with Crippen LogP contribution in [-0.2, 0) is 4.79 Å². The average molecular weight is 277 g/mol. The van der Waals surface area contributed by atoms with Crippen LogP contribution in [0.3, 0.4) is 0 Å². The first kappa shape index (κ1) is 14.3. The van der Waals surface area contributed by atoms with Gasteiger partial charge in [-0.2, -0.15) is 5.26 Å². The Labute approximate surface area is 116 Å². The number of hydrogen-bond acceptors (Lipinski definition) is 4. The molecule has 0 amide bonds. The van der Waals surface area contributed by atoms with E-state index in [4.69, 9.17) is 10.4 Å². The van der Waals surface area contributed by atoms with Crippen LogP contribution in [0.15, 0.2) is 18.2 Å². The van der Waals surface area contributed by atoms with Crippen molar-refractivity contribution in [1.29, 1.82) is 5.26 Å². The molecule has 2 rings (SSSR count). The summed E-state index contributed by atoms with van der Waals surface area (Å²) < 4.78 is 13.1. The molecule has 1 aliphatic heterocycles. The van der Waals surface area contributed by atoms with Crippen LogP contribution in [0.5, 0.6) is 0 Å². The van der Waals surface area contributed by atoms with Gasteiger partial charge in [0, 0.05) is 26.2 Å². The van der Waals surface area contributed by atoms with Gasteiger partial charge in [-0.25, -0.2) is 4.39 Å². The van der Waals surface area contributed by atoms with Crippen molar-refractivity contribution in [2.75, 3.05) is 37.6 Å². The lowest BCUT2D eigenvalue weighted by Crippen LogP contribution is -2.34. The number of rotatable bonds is 3. The van der Waals surface area contributed by atoms with Crippen LogP contribution in [0.1, 0.15) is 12.0 Å². The van der Waals surface area contributed by atoms with Gasteiger partial charge in [0.15, 0.2) is 0 Å². The number of nitriles is 1. The maximum absolute atomic E-state index is 13.1. The summed E-state index contributed by atoms with van der Waals surface area (Å²) >= 11 is 0. The molecule has 0 aliphatic carbocycles. The number of hydrogen-bond donors (Lipinski definition) is 1. The van der Waals surface area contributed by atoms with Gasteiger partial charge in [-0.05, 0) is 24.6 Å². The Hall–Kier alpha value is -2.13. The van der Waals surface area contributed by atoms with Crippen molar-refractivity contribution >= 4 is 11.7 Å². The third kappa shape index (κ3) is 3.45. The lowest BCUT2D eigenvalue weighted by Gasteiger charge is -2.24. The van der Waals surface area contributed by atoms with E-state index in [0.29, 0.717) is 30.9 Å². The maximum Gasteiger partial charge on any atom is 0.317 e. The molecule has 0 saturated carbocycles. The molecule has 1 aromatic rings. The Morgan fingerprint density at radius 2 is 2.15 bits per heavy atom. The van der Waals surface area contributed by atoms with Crippen LogP contribution in [-0.4, -0.2) is 48.7 Å². The standard InChI is InChI=1S/C14H16FN3O2/c15-12-2-3-13(11(8-12)9-16)18-5-1-4-17(6-7-18)10-14(19)20/h2-3,8H,1,4-7,10H2,(H,19,20). The zero-order valence-corrected chi connectivity index (χ0v) is 11.0. The molecule has 6 heteroatoms. The number of aliphatic carboxylic acids is 1. The number of carboxylic acid groups (broad SMARTS) is 1. The molecular weight excluding hydrogens is 261 g/mol. The van der Waals surface area contributed by atoms with E-state index in [2.05, 4.69) is 0 Å². The summed E-state index contributed by atoms with van der Waals surface area (Å²) in [6, 6.07) is 6.19. The number of anilines is 1. The lowest BCUT2D eigenvalue weighted by molar-refractivity contribution is -0.138. The molecule has 20 heavy (non-hydrogen) atoms. The second kappa shape index (κ2) is 6.35. The van der Waals surface area contributed by atoms with Gasteiger partial charge >= 0.3 is 5.97 Å². The molecular formula is C14H16FN3O2. The molecule has 1 heterocycles. The van der Waals surface area contributed by atoms with Crippen LogP contribution in [0, 0.1) is 17.1 Å². The first-order valence-electron chi connectivity index (χ1n) is 6.49. The molecule has 0 atom stereocenters. The van der Waals surface area contributed by atoms with Crippen molar-refractivity contribution in [2.24, 2.45) is 0 Å². The normalized spacial score (nSPS) is 16.5. The zero-order valence-electron chi connectivity index (χ0n) is 11.0. The fourth-order valence-electron chi connectivity index (χ4n) is 2.43. The summed E-state index contributed by atoms with van der Waals surface area (Å²) in [6.07, 6.45) is 0.815. The summed E-state index contributed by atoms with van der Waals surface area (Å²) in [5.74, 6) is -1.26. The Morgan fingerprint density at radius 1 is 1.35 bits per heavy atom. The van der Waals surface area contributed by atoms with E-state index in [1.54, 1.807) is 6.07 Å². The van der Waals surface area contributed by atoms with Crippen molar-refractivity contribution in [3.63, 3.8) is 0 Å². The fraction of sp³-hybridized carbons (Fsp3) is 0.429. The summed E-state index contributed by atoms with van der Waals surface area (Å²) in [6.45, 7) is 2.73. The number of carboxylic acids is 1. The SMILES string of the molecule is N#Cc1cc(F)ccc1N1CCCN(CC(=O)O)CC1. The van der Waals surface area contributed by atoms with Gasteiger partial charge < -0.3 is 10.0 Å². The van der Waals surface area contributed by atoms with Crippen LogP contribution in [0.4, 0.5) is 10.1 Å². The van der Waals surface area contributed by atoms with Gasteiger partial charge in [0.1, 0.15) is 11.9 Å². The zero-order chi connectivity index (χ0) is 14.5. The Bertz CT molecular complexity index is 542. The summed E-state index contributed by atoms with van der Waals surface area (Å²) in [4.78, 5) is 14.6. The fourth-order valence-corrected chi connectivity index (χ4v) is 2.43. The largest absolute Gasteiger partial charge is 0.480 e. The molecule has 1 fully saturated rings. The number of nitrogens with zero attached hydrogens (tertiary/aromatic N) is 3. The molecule has 0 radical (unpaired) electrons. The first-order chi connectivity index (χ1) is 9.60. The minimum Gasteiger partial charge on any atom is -0.480 e. The van der Waals surface area contributed by atoms with Gasteiger partial charge in [0.2, 0.25) is 0 Å². The molecule has 0 unspecified atom stereocenters. The monoisotopic (exact) mass is 277 g/mol. The van der Waals surface area contributed by atoms with Crippen molar-refractivity contribution in [3.05, 3.63) is 29.6 Å². The number of carbonyl (C=O) groups is 1. The highest BCUT2D eigenvalue weighted by Crippen LogP contribution is 2.22. The molecule has 5 nitrogen and oxygen atoms in total. The summed E-state index contributed by atoms with van der Waals surface area (Å²) in [7, 11) is 0. The quantitative estimate of drug-likeness (QED) is 0.901. The second-order valence-corrected chi connectivity index (χ2v) is 4.78. The van der Waals surface area contributed by atoms with E-state index >= 15 is 0 Å². The Kier molecular flexibility index (Phi) is 4.53. The Morgan fingerprint density at radius 3 is 2.85 bits per heavy atom. The van der Waals surface area contributed by atoms with Gasteiger partial charge in [-0.3, -0.25) is 9.69 Å². The van der Waals surface area contributed by atoms with Crippen LogP contribution >= 0.6 is 0 Å². The van der Waals surface area contributed by atoms with Crippen LogP contribution in [0.2, 0.25) is 0 Å². The predicted octanol–water partition coefficient (Wildman–Crippen LogP) is 1.29. The minimum atomic E-state index is -0.835. The van der Waals surface area contributed by atoms with E-state index in [1.807, 2.05) is 15.9 Å². The molecule has 0 bridgehead atoms. The van der Waals surface area contributed by atoms with Crippen LogP contribution < -0.4 is 4.90 Å². The highest BCUT2D eigenvalue weighted by Gasteiger charge is 2.19. The molecule has 1 aliphatic rings. The lowest BCUT2D eigenvalue weighted by atomic mass is 10.1. The molecule has 1 saturated heterocycles. The molecule has 1 N–H and O–H groups in total. The van der Waals surface area contributed by atoms with E-state index in [-0.39, 0.29) is 6.54 Å². The van der Waals surface area contributed by atoms with Gasteiger partial charge in [-0.15, -0.1) is 0 Å². The third-order valence-corrected chi connectivity index (χ3v) is 3.37. The smallest absolute Gasteiger partial charge is 0.317 e. The van der Waals surface area contributed by atoms with Crippen LogP contribution in [0.25, 0.3) is 0 Å². The summed E-state index contributed by atoms with van der Waals surface area (Å²) in [5, 5.41) is 17.9. The topological polar surface area (TPSA) is 67.6 Å². The van der Waals surface area contributed by atoms with E-state index in [0.717, 1.165) is 13.0 Å². The third-order valence-electron chi connectivity index (χ3n) is 3.37. The van der Waals surface area contributed by atoms with Gasteiger partial charge in [-0.1, -0.05) is 0 Å². The first-order valence-corrected chi connectivity index (χ1v) is 6.49. The van der Waals surface area contributed by atoms with Crippen molar-refractivity contribution in [1.82, 2.24) is 4.90 Å². The van der Waals surface area contributed by atoms with Gasteiger partial charge in [0.05, 0.1) is 17.8 Å². The van der Waals surface area contributed by atoms with Crippen molar-refractivity contribution < 1.29 is 14.3 Å². The van der Waals surface area contributed by atoms with Crippen molar-refractivity contribution in [2.45, 2.75) is 6.42 Å². The van der Waals surface area contributed by atoms with E-state index < -0.39 is 11.8 Å². The predicted molar refractivity (Wildman–Crippen MR) is 72.0 cm³/mol. The molecule has 1 aromatic carbocycles. The minimum absolute atomic E-state index is 0.0301. The Balaban J connectivity index is 2.11. The number of benzene rings is 1. The molecule has 106 valence electrons. The highest BCUT2D eigenvalue weighted by atomic mass is 19.1. The number of halogens is 1. The van der Waals surface area contributed by atoms with Crippen molar-refractivity contribution in [3.8, 4) is 6.07 Å². The van der Waals surface area contributed by atoms with Gasteiger partial charge in [0.25, 0.3) is 0 Å². The van der Waals surface area contributed by atoms with E-state index in [9.17, 15) is 9.18 Å². The molecule has 0 spiro atoms. The van der Waals surface area contributed by atoms with E-state index in [1.165, 1.54) is 12.1 Å². The average Bonchev–Trinajstić information content (AvgIpc) is 2.63. The molecule has 0 aromatic heterocycles. The maximum atomic E-state index is 13.1. The second-order valence-electron chi connectivity index (χ2n) is 4.78.